The van der Waals surface area contributed by atoms with Gasteiger partial charge in [0.25, 0.3) is 5.91 Å². The van der Waals surface area contributed by atoms with Crippen molar-refractivity contribution in [1.82, 2.24) is 5.32 Å². The first kappa shape index (κ1) is 15.7. The normalized spacial score (nSPS) is 13.4. The van der Waals surface area contributed by atoms with E-state index >= 15 is 0 Å². The number of nitrogens with two attached hydrogens (primary N) is 1. The second-order valence-corrected chi connectivity index (χ2v) is 6.36. The van der Waals surface area contributed by atoms with Crippen LogP contribution in [0.15, 0.2) is 24.3 Å². The lowest BCUT2D eigenvalue weighted by molar-refractivity contribution is 0.0925. The Bertz CT molecular complexity index is 433. The summed E-state index contributed by atoms with van der Waals surface area (Å²) in [6, 6.07) is 7.78. The zero-order valence-corrected chi connectivity index (χ0v) is 12.7. The molecule has 0 saturated heterocycles. The van der Waals surface area contributed by atoms with Crippen LogP contribution in [-0.4, -0.2) is 18.5 Å². The first-order chi connectivity index (χ1) is 8.77. The van der Waals surface area contributed by atoms with Crippen LogP contribution in [0.1, 0.15) is 50.5 Å². The van der Waals surface area contributed by atoms with E-state index in [4.69, 9.17) is 5.73 Å². The molecule has 0 heterocycles. The number of nitrogens with one attached hydrogen (secondary N) is 1. The highest BCUT2D eigenvalue weighted by Crippen LogP contribution is 2.25. The van der Waals surface area contributed by atoms with Crippen LogP contribution in [0.3, 0.4) is 0 Å². The third-order valence-corrected chi connectivity index (χ3v) is 3.35. The van der Waals surface area contributed by atoms with E-state index in [0.717, 1.165) is 11.1 Å². The molecule has 1 atom stereocenters. The summed E-state index contributed by atoms with van der Waals surface area (Å²) in [5.74, 6) is 0.297. The molecule has 0 spiro atoms. The molecule has 1 amide bonds. The third-order valence-electron chi connectivity index (χ3n) is 3.35. The summed E-state index contributed by atoms with van der Waals surface area (Å²) in [6.07, 6.45) is 0. The Morgan fingerprint density at radius 2 is 1.84 bits per heavy atom. The fourth-order valence-electron chi connectivity index (χ4n) is 2.08. The van der Waals surface area contributed by atoms with Crippen LogP contribution in [0, 0.1) is 5.92 Å². The van der Waals surface area contributed by atoms with E-state index in [0.29, 0.717) is 12.5 Å². The molecule has 0 aliphatic rings. The van der Waals surface area contributed by atoms with Crippen molar-refractivity contribution < 1.29 is 4.79 Å². The van der Waals surface area contributed by atoms with Crippen molar-refractivity contribution in [2.45, 2.75) is 46.1 Å². The molecule has 3 nitrogen and oxygen atoms in total. The molecule has 0 aromatic heterocycles. The van der Waals surface area contributed by atoms with Gasteiger partial charge in [0, 0.05) is 18.2 Å². The van der Waals surface area contributed by atoms with Crippen LogP contribution < -0.4 is 11.1 Å². The quantitative estimate of drug-likeness (QED) is 0.876. The molecule has 1 aromatic carbocycles. The SMILES string of the molecule is CC(C)C(CN)NC(=O)c1ccccc1C(C)(C)C. The van der Waals surface area contributed by atoms with E-state index in [2.05, 4.69) is 39.9 Å². The molecule has 106 valence electrons. The molecule has 0 saturated carbocycles. The summed E-state index contributed by atoms with van der Waals surface area (Å²) in [4.78, 5) is 12.4. The topological polar surface area (TPSA) is 55.1 Å². The maximum atomic E-state index is 12.4. The van der Waals surface area contributed by atoms with Gasteiger partial charge in [-0.1, -0.05) is 52.8 Å². The lowest BCUT2D eigenvalue weighted by Crippen LogP contribution is -2.44. The Labute approximate surface area is 116 Å². The fourth-order valence-corrected chi connectivity index (χ4v) is 2.08. The lowest BCUT2D eigenvalue weighted by Gasteiger charge is -2.25. The number of benzene rings is 1. The van der Waals surface area contributed by atoms with Crippen molar-refractivity contribution in [2.75, 3.05) is 6.54 Å². The summed E-state index contributed by atoms with van der Waals surface area (Å²) in [6.45, 7) is 10.9. The van der Waals surface area contributed by atoms with Gasteiger partial charge in [-0.2, -0.15) is 0 Å². The molecule has 0 bridgehead atoms. The summed E-state index contributed by atoms with van der Waals surface area (Å²) < 4.78 is 0. The fraction of sp³-hybridized carbons (Fsp3) is 0.562. The standard InChI is InChI=1S/C16H26N2O/c1-11(2)14(10-17)18-15(19)12-8-6-7-9-13(12)16(3,4)5/h6-9,11,14H,10,17H2,1-5H3,(H,18,19). The van der Waals surface area contributed by atoms with E-state index < -0.39 is 0 Å². The Morgan fingerprint density at radius 3 is 2.32 bits per heavy atom. The van der Waals surface area contributed by atoms with Crippen molar-refractivity contribution in [2.24, 2.45) is 11.7 Å². The van der Waals surface area contributed by atoms with E-state index in [1.165, 1.54) is 0 Å². The number of amides is 1. The number of hydrogen-bond donors (Lipinski definition) is 2. The van der Waals surface area contributed by atoms with Crippen LogP contribution in [-0.2, 0) is 5.41 Å². The maximum Gasteiger partial charge on any atom is 0.251 e. The highest BCUT2D eigenvalue weighted by molar-refractivity contribution is 5.96. The predicted octanol–water partition coefficient (Wildman–Crippen LogP) is 2.70. The average Bonchev–Trinajstić information content (AvgIpc) is 2.34. The Balaban J connectivity index is 3.01. The smallest absolute Gasteiger partial charge is 0.251 e. The Kier molecular flexibility index (Phi) is 5.12. The highest BCUT2D eigenvalue weighted by Gasteiger charge is 2.23. The zero-order valence-electron chi connectivity index (χ0n) is 12.7. The van der Waals surface area contributed by atoms with Crippen molar-refractivity contribution in [1.29, 1.82) is 0 Å². The minimum absolute atomic E-state index is 0.0144. The van der Waals surface area contributed by atoms with Crippen LogP contribution in [0.2, 0.25) is 0 Å². The molecule has 0 aliphatic heterocycles. The van der Waals surface area contributed by atoms with Crippen molar-refractivity contribution in [3.05, 3.63) is 35.4 Å². The first-order valence-corrected chi connectivity index (χ1v) is 6.87. The van der Waals surface area contributed by atoms with Crippen molar-refractivity contribution in [3.63, 3.8) is 0 Å². The molecule has 0 aliphatic carbocycles. The van der Waals surface area contributed by atoms with Gasteiger partial charge in [0.05, 0.1) is 0 Å². The average molecular weight is 262 g/mol. The predicted molar refractivity (Wildman–Crippen MR) is 80.3 cm³/mol. The molecule has 0 radical (unpaired) electrons. The largest absolute Gasteiger partial charge is 0.348 e. The van der Waals surface area contributed by atoms with Gasteiger partial charge in [-0.3, -0.25) is 4.79 Å². The highest BCUT2D eigenvalue weighted by atomic mass is 16.1. The number of carbonyl (C=O) groups is 1. The van der Waals surface area contributed by atoms with E-state index in [9.17, 15) is 4.79 Å². The van der Waals surface area contributed by atoms with Gasteiger partial charge < -0.3 is 11.1 Å². The van der Waals surface area contributed by atoms with Gasteiger partial charge in [-0.25, -0.2) is 0 Å². The zero-order chi connectivity index (χ0) is 14.6. The minimum atomic E-state index is -0.0516. The molecular formula is C16H26N2O. The van der Waals surface area contributed by atoms with E-state index in [1.807, 2.05) is 24.3 Å². The van der Waals surface area contributed by atoms with Crippen LogP contribution in [0.5, 0.6) is 0 Å². The van der Waals surface area contributed by atoms with Gasteiger partial charge in [0.15, 0.2) is 0 Å². The molecule has 0 fully saturated rings. The molecule has 3 heteroatoms. The molecule has 1 aromatic rings. The van der Waals surface area contributed by atoms with Crippen molar-refractivity contribution in [3.8, 4) is 0 Å². The lowest BCUT2D eigenvalue weighted by atomic mass is 9.83. The van der Waals surface area contributed by atoms with Gasteiger partial charge in [0.2, 0.25) is 0 Å². The molecule has 1 rings (SSSR count). The van der Waals surface area contributed by atoms with Crippen LogP contribution in [0.25, 0.3) is 0 Å². The third kappa shape index (κ3) is 4.06. The summed E-state index contributed by atoms with van der Waals surface area (Å²) >= 11 is 0. The van der Waals surface area contributed by atoms with Crippen LogP contribution in [0.4, 0.5) is 0 Å². The molecular weight excluding hydrogens is 236 g/mol. The second kappa shape index (κ2) is 6.20. The Morgan fingerprint density at radius 1 is 1.26 bits per heavy atom. The molecule has 19 heavy (non-hydrogen) atoms. The summed E-state index contributed by atoms with van der Waals surface area (Å²) in [5, 5.41) is 3.03. The number of rotatable bonds is 4. The second-order valence-electron chi connectivity index (χ2n) is 6.36. The first-order valence-electron chi connectivity index (χ1n) is 6.87. The molecule has 3 N–H and O–H groups in total. The Hall–Kier alpha value is -1.35. The van der Waals surface area contributed by atoms with E-state index in [1.54, 1.807) is 0 Å². The number of carbonyl (C=O) groups excluding carboxylic acids is 1. The minimum Gasteiger partial charge on any atom is -0.348 e. The maximum absolute atomic E-state index is 12.4. The molecule has 1 unspecified atom stereocenters. The van der Waals surface area contributed by atoms with Crippen LogP contribution >= 0.6 is 0 Å². The van der Waals surface area contributed by atoms with E-state index in [-0.39, 0.29) is 17.4 Å². The van der Waals surface area contributed by atoms with Gasteiger partial charge in [-0.05, 0) is 23.0 Å². The van der Waals surface area contributed by atoms with Crippen molar-refractivity contribution >= 4 is 5.91 Å². The van der Waals surface area contributed by atoms with Gasteiger partial charge in [-0.15, -0.1) is 0 Å². The number of hydrogen-bond acceptors (Lipinski definition) is 2. The monoisotopic (exact) mass is 262 g/mol. The van der Waals surface area contributed by atoms with Gasteiger partial charge in [0.1, 0.15) is 0 Å². The van der Waals surface area contributed by atoms with Gasteiger partial charge >= 0.3 is 0 Å². The summed E-state index contributed by atoms with van der Waals surface area (Å²) in [7, 11) is 0. The summed E-state index contributed by atoms with van der Waals surface area (Å²) in [5.41, 5.74) is 7.46.